The van der Waals surface area contributed by atoms with Crippen LogP contribution in [0.2, 0.25) is 0 Å². The Morgan fingerprint density at radius 2 is 0.793 bits per heavy atom. The van der Waals surface area contributed by atoms with Gasteiger partial charge in [-0.3, -0.25) is 38.4 Å². The van der Waals surface area contributed by atoms with E-state index >= 15 is 0 Å². The van der Waals surface area contributed by atoms with Gasteiger partial charge >= 0.3 is 0 Å². The van der Waals surface area contributed by atoms with Crippen LogP contribution >= 0.6 is 0 Å². The number of hydrogen-bond donors (Lipinski definition) is 18. The summed E-state index contributed by atoms with van der Waals surface area (Å²) >= 11 is 0. The van der Waals surface area contributed by atoms with E-state index in [0.29, 0.717) is 148 Å². The molecule has 0 aromatic heterocycles. The van der Waals surface area contributed by atoms with Gasteiger partial charge in [0.15, 0.2) is 24.7 Å². The predicted octanol–water partition coefficient (Wildman–Crippen LogP) is -0.380. The van der Waals surface area contributed by atoms with Crippen molar-refractivity contribution in [3.63, 3.8) is 0 Å². The molecule has 0 aromatic rings. The molecule has 0 radical (unpaired) electrons. The van der Waals surface area contributed by atoms with E-state index < -0.39 is 178 Å². The summed E-state index contributed by atoms with van der Waals surface area (Å²) in [6.07, 6.45) is -6.55. The number of rotatable bonds is 59. The monoisotopic (exact) mass is 1660 g/mol. The first-order valence-corrected chi connectivity index (χ1v) is 42.8. The van der Waals surface area contributed by atoms with Crippen LogP contribution in [0.15, 0.2) is 0 Å². The number of Topliss-reactive ketones (excluding diaryl/α,β-unsaturated/α-hetero) is 2. The Kier molecular flexibility index (Phi) is 49.3. The molecule has 0 aromatic carbocycles. The molecule has 5 heterocycles. The van der Waals surface area contributed by atoms with Crippen LogP contribution in [0.3, 0.4) is 0 Å². The van der Waals surface area contributed by atoms with Crippen LogP contribution in [0.25, 0.3) is 0 Å². The van der Waals surface area contributed by atoms with E-state index in [2.05, 4.69) is 26.6 Å². The fraction of sp³-hybridized carbons (Fsp3) is 0.901. The Bertz CT molecular complexity index is 2820. The Hall–Kier alpha value is -4.68. The van der Waals surface area contributed by atoms with Crippen molar-refractivity contribution in [2.24, 2.45) is 35.5 Å². The van der Waals surface area contributed by atoms with Crippen molar-refractivity contribution in [3.8, 4) is 0 Å². The SMILES string of the molecule is COC[C@@H]1C[C@@H](O)CN1C(=O)CCCCCNC(=O)C(CCCCNC(=O)C(CCCCNC(=O)CCCCC[C@@H]1OC(CO)[C@H](O)[C@H](O)C1C)CC(=O)CCCCO[C@@H]1OC(CO)[C@H](O)[C@H](O)C1C)CC(=O)C(CCCCNC(=O)CCCCO[C@@H]1OC(CO)[C@H](O)[C@H](O)C1C)NC(=O)CCCCO[C@@H]1OC(CO)[C@H](O)[C@H](O)C1C. The Morgan fingerprint density at radius 3 is 1.26 bits per heavy atom. The number of methoxy groups -OCH3 is 1. The molecule has 35 nitrogen and oxygen atoms in total. The lowest BCUT2D eigenvalue weighted by molar-refractivity contribution is -0.282. The minimum Gasteiger partial charge on any atom is -0.394 e. The first kappa shape index (κ1) is 102. The van der Waals surface area contributed by atoms with Gasteiger partial charge in [0, 0.05) is 140 Å². The number of aliphatic hydroxyl groups excluding tert-OH is 13. The number of ether oxygens (including phenoxy) is 8. The smallest absolute Gasteiger partial charge is 0.223 e. The highest BCUT2D eigenvalue weighted by Crippen LogP contribution is 2.33. The molecule has 5 rings (SSSR count). The zero-order chi connectivity index (χ0) is 85.2. The second-order valence-electron chi connectivity index (χ2n) is 32.6. The van der Waals surface area contributed by atoms with E-state index in [1.165, 1.54) is 7.11 Å². The third kappa shape index (κ3) is 35.0. The van der Waals surface area contributed by atoms with Gasteiger partial charge in [0.05, 0.1) is 81.7 Å². The molecule has 25 atom stereocenters. The van der Waals surface area contributed by atoms with Crippen LogP contribution in [0.1, 0.15) is 220 Å². The maximum atomic E-state index is 14.7. The van der Waals surface area contributed by atoms with Crippen LogP contribution in [-0.2, 0) is 76.3 Å². The number of unbranched alkanes of at least 4 members (excludes halogenated alkanes) is 10. The number of carbonyl (C=O) groups is 8. The van der Waals surface area contributed by atoms with E-state index in [4.69, 9.17) is 37.9 Å². The number of likely N-dealkylation sites (tertiary alicyclic amines) is 1. The molecule has 5 saturated heterocycles. The molecular weight excluding hydrogens is 1520 g/mol. The highest BCUT2D eigenvalue weighted by atomic mass is 16.7. The molecule has 0 bridgehead atoms. The van der Waals surface area contributed by atoms with Gasteiger partial charge in [0.2, 0.25) is 35.4 Å². The van der Waals surface area contributed by atoms with Gasteiger partial charge in [0.25, 0.3) is 0 Å². The van der Waals surface area contributed by atoms with Crippen molar-refractivity contribution in [1.82, 2.24) is 31.5 Å². The summed E-state index contributed by atoms with van der Waals surface area (Å²) < 4.78 is 45.6. The molecule has 11 unspecified atom stereocenters. The standard InChI is InChI=1S/C81H144N6O29/c1-49-60(113-61(44-88)73(103)69(49)99)28-8-6-9-29-65(95)82-33-18-11-24-53(40-56(92)26-14-21-37-110-79-50(2)70(100)74(104)62(45-89)114-79)77(107)85-36-19-12-25-54(78(108)84-35-17-7-10-32-68(98)87-43-57(93)42-55(87)48-109-5)41-59(94)58(86-67(97)31-16-23-39-112-81-52(4)72(102)76(106)64(47-91)116-81)27-13-20-34-83-66(96)30-15-22-38-111-80-51(3)71(101)75(105)63(46-90)115-80/h49-55,57-58,60-64,69-76,79-81,88-91,93,99-106H,6-48H2,1-5H3,(H,82,95)(H,83,96)(H,84,108)(H,85,107)(H,86,97)/t49?,50?,51?,52?,53?,54?,55-,57+,58?,60-,61?,62?,63?,64?,69+,70+,71+,72+,73-,74-,75-,76-,79+,80+,81+/m0/s1. The van der Waals surface area contributed by atoms with Gasteiger partial charge in [0.1, 0.15) is 54.6 Å². The van der Waals surface area contributed by atoms with Gasteiger partial charge in [-0.05, 0) is 116 Å². The third-order valence-corrected chi connectivity index (χ3v) is 23.3. The van der Waals surface area contributed by atoms with Crippen molar-refractivity contribution in [1.29, 1.82) is 0 Å². The quantitative estimate of drug-likeness (QED) is 0.0345. The summed E-state index contributed by atoms with van der Waals surface area (Å²) in [6.45, 7) is 6.69. The lowest BCUT2D eigenvalue weighted by atomic mass is 9.86. The zero-order valence-electron chi connectivity index (χ0n) is 69.1. The highest BCUT2D eigenvalue weighted by Gasteiger charge is 2.46. The van der Waals surface area contributed by atoms with Gasteiger partial charge in [-0.25, -0.2) is 0 Å². The summed E-state index contributed by atoms with van der Waals surface area (Å²) in [5, 5.41) is 146. The van der Waals surface area contributed by atoms with Crippen molar-refractivity contribution in [2.75, 3.05) is 92.7 Å². The molecule has 35 heteroatoms. The fourth-order valence-electron chi connectivity index (χ4n) is 15.6. The van der Waals surface area contributed by atoms with Crippen molar-refractivity contribution >= 4 is 47.0 Å². The number of nitrogens with zero attached hydrogens (tertiary/aromatic N) is 1. The summed E-state index contributed by atoms with van der Waals surface area (Å²) in [5.41, 5.74) is 0. The average Bonchev–Trinajstić information content (AvgIpc) is 1.21. The normalized spacial score (nSPS) is 30.3. The number of aliphatic hydroxyl groups is 13. The van der Waals surface area contributed by atoms with E-state index in [-0.39, 0.29) is 151 Å². The van der Waals surface area contributed by atoms with Gasteiger partial charge < -0.3 is 136 Å². The van der Waals surface area contributed by atoms with Crippen LogP contribution in [0, 0.1) is 35.5 Å². The number of carbonyl (C=O) groups excluding carboxylic acids is 8. The minimum atomic E-state index is -1.31. The molecule has 5 aliphatic rings. The summed E-state index contributed by atoms with van der Waals surface area (Å²) in [4.78, 5) is 111. The maximum absolute atomic E-state index is 14.7. The first-order valence-electron chi connectivity index (χ1n) is 42.8. The molecule has 0 saturated carbocycles. The van der Waals surface area contributed by atoms with Crippen LogP contribution in [-0.4, -0.2) is 327 Å². The summed E-state index contributed by atoms with van der Waals surface area (Å²) in [7, 11) is 1.54. The van der Waals surface area contributed by atoms with Crippen LogP contribution in [0.4, 0.5) is 0 Å². The van der Waals surface area contributed by atoms with Gasteiger partial charge in [-0.2, -0.15) is 0 Å². The molecule has 6 amide bonds. The number of β-amino-alcohol motifs (C(OH)–C–C–N with tert-alkyl or cyclic N) is 1. The lowest BCUT2D eigenvalue weighted by Crippen LogP contribution is -2.55. The Balaban J connectivity index is 1.20. The second-order valence-corrected chi connectivity index (χ2v) is 32.6. The minimum absolute atomic E-state index is 0.0190. The lowest BCUT2D eigenvalue weighted by Gasteiger charge is -2.41. The number of ketones is 2. The zero-order valence-corrected chi connectivity index (χ0v) is 69.1. The molecule has 116 heavy (non-hydrogen) atoms. The molecule has 5 aliphatic heterocycles. The Labute approximate surface area is 683 Å². The molecule has 18 N–H and O–H groups in total. The van der Waals surface area contributed by atoms with E-state index in [9.17, 15) is 105 Å². The van der Waals surface area contributed by atoms with Crippen LogP contribution in [0.5, 0.6) is 0 Å². The number of amides is 6. The maximum Gasteiger partial charge on any atom is 0.223 e. The van der Waals surface area contributed by atoms with Crippen molar-refractivity contribution in [3.05, 3.63) is 0 Å². The highest BCUT2D eigenvalue weighted by molar-refractivity contribution is 5.92. The Morgan fingerprint density at radius 1 is 0.405 bits per heavy atom. The van der Waals surface area contributed by atoms with Gasteiger partial charge in [-0.1, -0.05) is 59.8 Å². The van der Waals surface area contributed by atoms with Crippen molar-refractivity contribution < 1.29 is 143 Å². The van der Waals surface area contributed by atoms with E-state index in [0.717, 1.165) is 0 Å². The third-order valence-electron chi connectivity index (χ3n) is 23.3. The first-order chi connectivity index (χ1) is 55.6. The van der Waals surface area contributed by atoms with Crippen LogP contribution < -0.4 is 26.6 Å². The number of hydrogen-bond acceptors (Lipinski definition) is 29. The molecule has 0 spiro atoms. The molecule has 0 aliphatic carbocycles. The topological polar surface area (TPSA) is 537 Å². The molecule has 672 valence electrons. The van der Waals surface area contributed by atoms with E-state index in [1.54, 1.807) is 32.6 Å². The predicted molar refractivity (Wildman–Crippen MR) is 418 cm³/mol. The van der Waals surface area contributed by atoms with Crippen molar-refractivity contribution in [2.45, 2.75) is 337 Å². The average molecular weight is 1670 g/mol. The van der Waals surface area contributed by atoms with E-state index in [1.807, 2.05) is 0 Å². The largest absolute Gasteiger partial charge is 0.394 e. The molecular formula is C81H144N6O29. The number of nitrogens with one attached hydrogen (secondary N) is 5. The second kappa shape index (κ2) is 56.1. The van der Waals surface area contributed by atoms with Gasteiger partial charge in [-0.15, -0.1) is 0 Å². The fourth-order valence-corrected chi connectivity index (χ4v) is 15.6. The summed E-state index contributed by atoms with van der Waals surface area (Å²) in [5.74, 6) is -6.02. The summed E-state index contributed by atoms with van der Waals surface area (Å²) in [6, 6.07) is -1.27. The molecule has 5 fully saturated rings.